The minimum absolute atomic E-state index is 0.000771. The predicted molar refractivity (Wildman–Crippen MR) is 85.2 cm³/mol. The van der Waals surface area contributed by atoms with Gasteiger partial charge in [-0.3, -0.25) is 4.79 Å². The zero-order valence-corrected chi connectivity index (χ0v) is 13.6. The fraction of sp³-hybridized carbons (Fsp3) is 0.500. The van der Waals surface area contributed by atoms with E-state index in [-0.39, 0.29) is 5.91 Å². The second-order valence-electron chi connectivity index (χ2n) is 4.93. The summed E-state index contributed by atoms with van der Waals surface area (Å²) in [5.74, 6) is 0.781. The number of anilines is 1. The van der Waals surface area contributed by atoms with Gasteiger partial charge < -0.3 is 15.0 Å². The van der Waals surface area contributed by atoms with E-state index in [9.17, 15) is 4.79 Å². The molecule has 1 amide bonds. The Morgan fingerprint density at radius 2 is 2.19 bits per heavy atom. The summed E-state index contributed by atoms with van der Waals surface area (Å²) in [6, 6.07) is 0. The molecule has 0 radical (unpaired) electrons. The number of thiophene rings is 1. The van der Waals surface area contributed by atoms with Crippen LogP contribution < -0.4 is 5.32 Å². The molecule has 0 saturated carbocycles. The van der Waals surface area contributed by atoms with E-state index in [1.165, 1.54) is 17.7 Å². The van der Waals surface area contributed by atoms with Gasteiger partial charge in [0.05, 0.1) is 10.3 Å². The second kappa shape index (κ2) is 6.82. The molecular weight excluding hydrogens is 288 g/mol. The molecule has 0 aliphatic heterocycles. The van der Waals surface area contributed by atoms with Crippen LogP contribution in [0.2, 0.25) is 0 Å². The lowest BCUT2D eigenvalue weighted by Crippen LogP contribution is -2.21. The van der Waals surface area contributed by atoms with Crippen LogP contribution in [0, 0.1) is 6.92 Å². The summed E-state index contributed by atoms with van der Waals surface area (Å²) >= 11 is 1.41. The third kappa shape index (κ3) is 3.30. The molecule has 7 heteroatoms. The zero-order chi connectivity index (χ0) is 15.4. The van der Waals surface area contributed by atoms with Crippen molar-refractivity contribution in [1.29, 1.82) is 0 Å². The maximum Gasteiger partial charge on any atom is 0.263 e. The SMILES string of the molecule is COCCCNc1ncnc2sc(C(=O)N(C)C)c(C)c12. The number of ether oxygens (including phenoxy) is 1. The van der Waals surface area contributed by atoms with Crippen LogP contribution in [0.1, 0.15) is 21.7 Å². The standard InChI is InChI=1S/C14H20N4O2S/c1-9-10-12(15-6-5-7-20-4)16-8-17-13(10)21-11(9)14(19)18(2)3/h8H,5-7H2,1-4H3,(H,15,16,17). The minimum atomic E-state index is 0.000771. The van der Waals surface area contributed by atoms with Crippen LogP contribution >= 0.6 is 11.3 Å². The molecule has 0 unspecified atom stereocenters. The first kappa shape index (κ1) is 15.7. The lowest BCUT2D eigenvalue weighted by molar-refractivity contribution is 0.0831. The van der Waals surface area contributed by atoms with Crippen molar-refractivity contribution in [1.82, 2.24) is 14.9 Å². The monoisotopic (exact) mass is 308 g/mol. The maximum absolute atomic E-state index is 12.2. The minimum Gasteiger partial charge on any atom is -0.385 e. The lowest BCUT2D eigenvalue weighted by atomic mass is 10.2. The fourth-order valence-corrected chi connectivity index (χ4v) is 3.21. The van der Waals surface area contributed by atoms with E-state index in [0.29, 0.717) is 6.61 Å². The molecule has 2 heterocycles. The van der Waals surface area contributed by atoms with Crippen molar-refractivity contribution in [3.05, 3.63) is 16.8 Å². The summed E-state index contributed by atoms with van der Waals surface area (Å²) in [4.78, 5) is 23.9. The predicted octanol–water partition coefficient (Wildman–Crippen LogP) is 2.15. The number of carbonyl (C=O) groups is 1. The highest BCUT2D eigenvalue weighted by Gasteiger charge is 2.20. The van der Waals surface area contributed by atoms with Crippen molar-refractivity contribution < 1.29 is 9.53 Å². The number of methoxy groups -OCH3 is 1. The lowest BCUT2D eigenvalue weighted by Gasteiger charge is -2.09. The van der Waals surface area contributed by atoms with Gasteiger partial charge in [0, 0.05) is 34.4 Å². The molecule has 6 nitrogen and oxygen atoms in total. The van der Waals surface area contributed by atoms with Gasteiger partial charge in [0.1, 0.15) is 17.0 Å². The molecule has 114 valence electrons. The summed E-state index contributed by atoms with van der Waals surface area (Å²) in [6.45, 7) is 3.42. The second-order valence-corrected chi connectivity index (χ2v) is 5.93. The Labute approximate surface area is 128 Å². The Kier molecular flexibility index (Phi) is 5.08. The molecular formula is C14H20N4O2S. The number of rotatable bonds is 6. The number of nitrogens with zero attached hydrogens (tertiary/aromatic N) is 3. The Morgan fingerprint density at radius 1 is 1.43 bits per heavy atom. The van der Waals surface area contributed by atoms with Gasteiger partial charge in [-0.2, -0.15) is 0 Å². The van der Waals surface area contributed by atoms with Crippen LogP contribution in [0.25, 0.3) is 10.2 Å². The van der Waals surface area contributed by atoms with E-state index in [1.807, 2.05) is 6.92 Å². The van der Waals surface area contributed by atoms with Crippen molar-refractivity contribution in [3.8, 4) is 0 Å². The molecule has 0 aliphatic carbocycles. The van der Waals surface area contributed by atoms with Gasteiger partial charge in [-0.15, -0.1) is 11.3 Å². The van der Waals surface area contributed by atoms with Crippen LogP contribution in [0.15, 0.2) is 6.33 Å². The third-order valence-electron chi connectivity index (χ3n) is 3.14. The number of hydrogen-bond acceptors (Lipinski definition) is 6. The highest BCUT2D eigenvalue weighted by molar-refractivity contribution is 7.20. The first-order chi connectivity index (χ1) is 10.1. The molecule has 0 aromatic carbocycles. The number of nitrogens with one attached hydrogen (secondary N) is 1. The summed E-state index contributed by atoms with van der Waals surface area (Å²) in [7, 11) is 5.19. The summed E-state index contributed by atoms with van der Waals surface area (Å²) in [6.07, 6.45) is 2.43. The molecule has 0 atom stereocenters. The molecule has 0 bridgehead atoms. The van der Waals surface area contributed by atoms with E-state index >= 15 is 0 Å². The van der Waals surface area contributed by atoms with Crippen molar-refractivity contribution in [3.63, 3.8) is 0 Å². The van der Waals surface area contributed by atoms with E-state index in [4.69, 9.17) is 4.74 Å². The topological polar surface area (TPSA) is 67.3 Å². The van der Waals surface area contributed by atoms with E-state index in [2.05, 4.69) is 15.3 Å². The van der Waals surface area contributed by atoms with E-state index < -0.39 is 0 Å². The van der Waals surface area contributed by atoms with Crippen LogP contribution in [-0.4, -0.2) is 55.1 Å². The van der Waals surface area contributed by atoms with Crippen LogP contribution in [0.5, 0.6) is 0 Å². The largest absolute Gasteiger partial charge is 0.385 e. The quantitative estimate of drug-likeness (QED) is 0.828. The van der Waals surface area contributed by atoms with Gasteiger partial charge in [-0.1, -0.05) is 0 Å². The maximum atomic E-state index is 12.2. The van der Waals surface area contributed by atoms with Gasteiger partial charge in [0.25, 0.3) is 5.91 Å². The third-order valence-corrected chi connectivity index (χ3v) is 4.33. The van der Waals surface area contributed by atoms with Gasteiger partial charge in [0.2, 0.25) is 0 Å². The normalized spacial score (nSPS) is 10.9. The number of aryl methyl sites for hydroxylation is 1. The van der Waals surface area contributed by atoms with Crippen LogP contribution in [0.4, 0.5) is 5.82 Å². The van der Waals surface area contributed by atoms with Crippen molar-refractivity contribution in [2.75, 3.05) is 39.7 Å². The van der Waals surface area contributed by atoms with Crippen molar-refractivity contribution >= 4 is 33.3 Å². The van der Waals surface area contributed by atoms with Gasteiger partial charge in [-0.05, 0) is 18.9 Å². The molecule has 0 spiro atoms. The van der Waals surface area contributed by atoms with E-state index in [0.717, 1.165) is 39.4 Å². The molecule has 2 aromatic heterocycles. The Bertz CT molecular complexity index is 639. The molecule has 0 fully saturated rings. The molecule has 1 N–H and O–H groups in total. The summed E-state index contributed by atoms with van der Waals surface area (Å²) < 4.78 is 5.03. The number of carbonyl (C=O) groups excluding carboxylic acids is 1. The highest BCUT2D eigenvalue weighted by atomic mass is 32.1. The summed E-state index contributed by atoms with van der Waals surface area (Å²) in [5.41, 5.74) is 0.934. The zero-order valence-electron chi connectivity index (χ0n) is 12.8. The highest BCUT2D eigenvalue weighted by Crippen LogP contribution is 2.33. The van der Waals surface area contributed by atoms with Gasteiger partial charge in [-0.25, -0.2) is 9.97 Å². The Balaban J connectivity index is 2.33. The van der Waals surface area contributed by atoms with Crippen molar-refractivity contribution in [2.45, 2.75) is 13.3 Å². The summed E-state index contributed by atoms with van der Waals surface area (Å²) in [5, 5.41) is 4.23. The van der Waals surface area contributed by atoms with Gasteiger partial charge in [0.15, 0.2) is 0 Å². The first-order valence-electron chi connectivity index (χ1n) is 6.74. The average Bonchev–Trinajstić information content (AvgIpc) is 2.80. The molecule has 0 saturated heterocycles. The fourth-order valence-electron chi connectivity index (χ4n) is 2.04. The molecule has 2 rings (SSSR count). The van der Waals surface area contributed by atoms with Crippen LogP contribution in [-0.2, 0) is 4.74 Å². The van der Waals surface area contributed by atoms with Crippen molar-refractivity contribution in [2.24, 2.45) is 0 Å². The number of hydrogen-bond donors (Lipinski definition) is 1. The smallest absolute Gasteiger partial charge is 0.263 e. The first-order valence-corrected chi connectivity index (χ1v) is 7.56. The molecule has 21 heavy (non-hydrogen) atoms. The number of fused-ring (bicyclic) bond motifs is 1. The number of aromatic nitrogens is 2. The Hall–Kier alpha value is -1.73. The van der Waals surface area contributed by atoms with E-state index in [1.54, 1.807) is 26.1 Å². The average molecular weight is 308 g/mol. The molecule has 2 aromatic rings. The van der Waals surface area contributed by atoms with Gasteiger partial charge >= 0.3 is 0 Å². The Morgan fingerprint density at radius 3 is 2.86 bits per heavy atom. The van der Waals surface area contributed by atoms with Crippen LogP contribution in [0.3, 0.4) is 0 Å². The number of amides is 1. The molecule has 0 aliphatic rings.